The van der Waals surface area contributed by atoms with Crippen molar-refractivity contribution in [1.29, 1.82) is 0 Å². The minimum absolute atomic E-state index is 0.0543. The highest BCUT2D eigenvalue weighted by Crippen LogP contribution is 2.57. The van der Waals surface area contributed by atoms with Crippen molar-refractivity contribution in [2.75, 3.05) is 9.80 Å². The lowest BCUT2D eigenvalue weighted by Crippen LogP contribution is -2.46. The van der Waals surface area contributed by atoms with Gasteiger partial charge in [0, 0.05) is 23.5 Å². The van der Waals surface area contributed by atoms with Crippen LogP contribution in [0.3, 0.4) is 0 Å². The third-order valence-electron chi connectivity index (χ3n) is 5.46. The zero-order valence-corrected chi connectivity index (χ0v) is 18.6. The van der Waals surface area contributed by atoms with Crippen molar-refractivity contribution in [3.8, 4) is 0 Å². The van der Waals surface area contributed by atoms with Crippen molar-refractivity contribution in [2.45, 2.75) is 60.0 Å². The summed E-state index contributed by atoms with van der Waals surface area (Å²) in [7, 11) is 0. The van der Waals surface area contributed by atoms with E-state index in [0.717, 1.165) is 17.3 Å². The van der Waals surface area contributed by atoms with Gasteiger partial charge in [-0.1, -0.05) is 65.8 Å². The van der Waals surface area contributed by atoms with Gasteiger partial charge in [-0.3, -0.25) is 0 Å². The van der Waals surface area contributed by atoms with Gasteiger partial charge in [0.15, 0.2) is 5.82 Å². The second-order valence-corrected chi connectivity index (χ2v) is 7.34. The minimum Gasteiger partial charge on any atom is -0.302 e. The largest absolute Gasteiger partial charge is 0.302 e. The molecule has 0 N–H and O–H groups in total. The van der Waals surface area contributed by atoms with Crippen molar-refractivity contribution in [2.24, 2.45) is 0 Å². The number of pyridine rings is 2. The molecule has 152 valence electrons. The third kappa shape index (κ3) is 3.07. The number of fused-ring (bicyclic) bond motifs is 5. The molecule has 4 heteroatoms. The second kappa shape index (κ2) is 8.24. The van der Waals surface area contributed by atoms with Gasteiger partial charge in [0.2, 0.25) is 0 Å². The second-order valence-electron chi connectivity index (χ2n) is 7.34. The molecule has 0 fully saturated rings. The fraction of sp³-hybridized carbons (Fsp3) is 0.360. The Hall–Kier alpha value is -2.88. The molecular formula is C25H32N4. The molecule has 2 aliphatic heterocycles. The van der Waals surface area contributed by atoms with E-state index in [1.165, 1.54) is 16.8 Å². The molecule has 0 amide bonds. The van der Waals surface area contributed by atoms with E-state index in [9.17, 15) is 0 Å². The molecule has 0 bridgehead atoms. The Morgan fingerprint density at radius 1 is 0.724 bits per heavy atom. The average molecular weight is 389 g/mol. The van der Waals surface area contributed by atoms with Crippen LogP contribution in [0.5, 0.6) is 0 Å². The maximum absolute atomic E-state index is 4.73. The molecular weight excluding hydrogens is 356 g/mol. The monoisotopic (exact) mass is 388 g/mol. The maximum atomic E-state index is 4.73. The summed E-state index contributed by atoms with van der Waals surface area (Å²) < 4.78 is 0. The summed E-state index contributed by atoms with van der Waals surface area (Å²) in [5, 5.41) is 0. The van der Waals surface area contributed by atoms with Gasteiger partial charge in [-0.05, 0) is 42.3 Å². The SMILES string of the molecule is CC.CC.Cc1cccnc1N1c2cccnc2N2c3ccccc3C(C)(C)C12. The van der Waals surface area contributed by atoms with Crippen LogP contribution in [0.25, 0.3) is 0 Å². The summed E-state index contributed by atoms with van der Waals surface area (Å²) >= 11 is 0. The Morgan fingerprint density at radius 2 is 1.28 bits per heavy atom. The molecule has 0 spiro atoms. The minimum atomic E-state index is -0.0543. The van der Waals surface area contributed by atoms with Crippen LogP contribution >= 0.6 is 0 Å². The highest BCUT2D eigenvalue weighted by Gasteiger charge is 2.54. The molecule has 1 atom stereocenters. The van der Waals surface area contributed by atoms with E-state index >= 15 is 0 Å². The molecule has 0 saturated carbocycles. The van der Waals surface area contributed by atoms with Crippen LogP contribution in [0.1, 0.15) is 52.7 Å². The topological polar surface area (TPSA) is 32.3 Å². The molecule has 0 aliphatic carbocycles. The smallest absolute Gasteiger partial charge is 0.158 e. The summed E-state index contributed by atoms with van der Waals surface area (Å²) in [5.74, 6) is 2.01. The molecule has 2 aromatic heterocycles. The van der Waals surface area contributed by atoms with Crippen LogP contribution in [-0.2, 0) is 5.41 Å². The number of aryl methyl sites for hydroxylation is 1. The lowest BCUT2D eigenvalue weighted by atomic mass is 9.83. The summed E-state index contributed by atoms with van der Waals surface area (Å²) in [6.45, 7) is 14.7. The molecule has 5 rings (SSSR count). The highest BCUT2D eigenvalue weighted by molar-refractivity contribution is 5.90. The number of anilines is 4. The zero-order valence-electron chi connectivity index (χ0n) is 18.6. The van der Waals surface area contributed by atoms with Crippen LogP contribution in [0.2, 0.25) is 0 Å². The van der Waals surface area contributed by atoms with Crippen molar-refractivity contribution in [3.63, 3.8) is 0 Å². The van der Waals surface area contributed by atoms with Crippen LogP contribution in [0, 0.1) is 6.92 Å². The fourth-order valence-corrected chi connectivity index (χ4v) is 4.34. The zero-order chi connectivity index (χ0) is 21.2. The van der Waals surface area contributed by atoms with Crippen LogP contribution < -0.4 is 9.80 Å². The van der Waals surface area contributed by atoms with Gasteiger partial charge in [-0.2, -0.15) is 0 Å². The van der Waals surface area contributed by atoms with Gasteiger partial charge in [0.1, 0.15) is 12.0 Å². The number of hydrogen-bond donors (Lipinski definition) is 0. The first-order valence-electron chi connectivity index (χ1n) is 10.7. The lowest BCUT2D eigenvalue weighted by molar-refractivity contribution is 0.448. The number of nitrogens with zero attached hydrogens (tertiary/aromatic N) is 4. The number of para-hydroxylation sites is 1. The maximum Gasteiger partial charge on any atom is 0.158 e. The summed E-state index contributed by atoms with van der Waals surface area (Å²) in [5.41, 5.74) is 4.84. The molecule has 3 aromatic rings. The van der Waals surface area contributed by atoms with E-state index in [2.05, 4.69) is 67.0 Å². The van der Waals surface area contributed by atoms with Gasteiger partial charge in [-0.25, -0.2) is 9.97 Å². The summed E-state index contributed by atoms with van der Waals surface area (Å²) in [6, 6.07) is 16.9. The molecule has 1 aromatic carbocycles. The van der Waals surface area contributed by atoms with Gasteiger partial charge in [0.25, 0.3) is 0 Å². The van der Waals surface area contributed by atoms with Crippen LogP contribution in [0.4, 0.5) is 23.0 Å². The normalized spacial score (nSPS) is 17.3. The molecule has 29 heavy (non-hydrogen) atoms. The van der Waals surface area contributed by atoms with E-state index in [-0.39, 0.29) is 11.6 Å². The van der Waals surface area contributed by atoms with E-state index in [0.29, 0.717) is 0 Å². The molecule has 2 aliphatic rings. The molecule has 1 unspecified atom stereocenters. The molecule has 4 heterocycles. The first kappa shape index (κ1) is 20.8. The van der Waals surface area contributed by atoms with Crippen LogP contribution in [0.15, 0.2) is 60.9 Å². The lowest BCUT2D eigenvalue weighted by Gasteiger charge is -2.36. The van der Waals surface area contributed by atoms with Gasteiger partial charge >= 0.3 is 0 Å². The molecule has 4 nitrogen and oxygen atoms in total. The van der Waals surface area contributed by atoms with E-state index in [4.69, 9.17) is 9.97 Å². The van der Waals surface area contributed by atoms with Crippen molar-refractivity contribution < 1.29 is 0 Å². The van der Waals surface area contributed by atoms with E-state index in [1.54, 1.807) is 0 Å². The first-order chi connectivity index (χ1) is 14.1. The highest BCUT2D eigenvalue weighted by atomic mass is 15.5. The predicted octanol–water partition coefficient (Wildman–Crippen LogP) is 6.74. The predicted molar refractivity (Wildman–Crippen MR) is 123 cm³/mol. The van der Waals surface area contributed by atoms with E-state index in [1.807, 2.05) is 52.2 Å². The van der Waals surface area contributed by atoms with Crippen molar-refractivity contribution >= 4 is 23.0 Å². The van der Waals surface area contributed by atoms with Gasteiger partial charge < -0.3 is 9.80 Å². The Morgan fingerprint density at radius 3 is 1.97 bits per heavy atom. The van der Waals surface area contributed by atoms with Crippen molar-refractivity contribution in [1.82, 2.24) is 9.97 Å². The molecule has 0 radical (unpaired) electrons. The number of rotatable bonds is 1. The first-order valence-corrected chi connectivity index (χ1v) is 10.7. The van der Waals surface area contributed by atoms with Crippen molar-refractivity contribution in [3.05, 3.63) is 72.1 Å². The Balaban J connectivity index is 0.000000568. The van der Waals surface area contributed by atoms with Gasteiger partial charge in [-0.15, -0.1) is 0 Å². The number of hydrogen-bond acceptors (Lipinski definition) is 4. The fourth-order valence-electron chi connectivity index (χ4n) is 4.34. The number of aromatic nitrogens is 2. The standard InChI is InChI=1S/C21H20N4.2C2H6/c1-14-8-6-12-22-18(14)25-17-11-7-13-23-19(17)24-16-10-5-4-9-15(16)21(2,3)20(24)25;2*1-2/h4-13,20H,1-3H3;2*1-2H3. The molecule has 0 saturated heterocycles. The van der Waals surface area contributed by atoms with E-state index < -0.39 is 0 Å². The Labute approximate surface area is 175 Å². The third-order valence-corrected chi connectivity index (χ3v) is 5.46. The average Bonchev–Trinajstić information content (AvgIpc) is 3.23. The summed E-state index contributed by atoms with van der Waals surface area (Å²) in [6.07, 6.45) is 3.87. The quantitative estimate of drug-likeness (QED) is 0.462. The van der Waals surface area contributed by atoms with Crippen LogP contribution in [-0.4, -0.2) is 16.1 Å². The number of benzene rings is 1. The van der Waals surface area contributed by atoms with Gasteiger partial charge in [0.05, 0.1) is 5.69 Å². The summed E-state index contributed by atoms with van der Waals surface area (Å²) in [4.78, 5) is 14.2. The Bertz CT molecular complexity index is 980. The Kier molecular flexibility index (Phi) is 5.92.